The standard InChI is InChI=1S/C24H36FN3O/c1-19(22-7-3-2-4-8-22)27-24(29)28(18-21-13-15-26-16-14-21)17-5-6-20-9-11-23(25)12-10-20/h5-6,9-12,19,21-22,26H,2-4,7-8,13-18H2,1H3,(H,27,29). The molecule has 29 heavy (non-hydrogen) atoms. The first-order chi connectivity index (χ1) is 14.1. The van der Waals surface area contributed by atoms with Crippen molar-refractivity contribution in [2.45, 2.75) is 57.9 Å². The van der Waals surface area contributed by atoms with Gasteiger partial charge >= 0.3 is 6.03 Å². The summed E-state index contributed by atoms with van der Waals surface area (Å²) in [5, 5.41) is 6.68. The molecule has 0 bridgehead atoms. The maximum atomic E-state index is 13.1. The lowest BCUT2D eigenvalue weighted by Crippen LogP contribution is -2.49. The number of hydrogen-bond donors (Lipinski definition) is 2. The molecule has 2 fully saturated rings. The zero-order valence-electron chi connectivity index (χ0n) is 17.7. The van der Waals surface area contributed by atoms with E-state index in [1.807, 2.05) is 17.1 Å². The molecule has 1 aliphatic carbocycles. The van der Waals surface area contributed by atoms with Crippen molar-refractivity contribution < 1.29 is 9.18 Å². The second-order valence-corrected chi connectivity index (χ2v) is 8.69. The van der Waals surface area contributed by atoms with Crippen LogP contribution >= 0.6 is 0 Å². The highest BCUT2D eigenvalue weighted by molar-refractivity contribution is 5.75. The molecule has 4 nitrogen and oxygen atoms in total. The summed E-state index contributed by atoms with van der Waals surface area (Å²) >= 11 is 0. The van der Waals surface area contributed by atoms with Crippen molar-refractivity contribution in [3.8, 4) is 0 Å². The molecule has 1 aromatic carbocycles. The van der Waals surface area contributed by atoms with E-state index >= 15 is 0 Å². The van der Waals surface area contributed by atoms with Crippen molar-refractivity contribution in [2.24, 2.45) is 11.8 Å². The average molecular weight is 402 g/mol. The van der Waals surface area contributed by atoms with E-state index in [9.17, 15) is 9.18 Å². The van der Waals surface area contributed by atoms with Gasteiger partial charge in [0.25, 0.3) is 0 Å². The molecule has 1 heterocycles. The summed E-state index contributed by atoms with van der Waals surface area (Å²) in [7, 11) is 0. The third kappa shape index (κ3) is 7.14. The van der Waals surface area contributed by atoms with E-state index in [0.717, 1.165) is 38.0 Å². The molecule has 0 spiro atoms. The monoisotopic (exact) mass is 401 g/mol. The molecule has 1 saturated carbocycles. The van der Waals surface area contributed by atoms with Crippen molar-refractivity contribution >= 4 is 12.1 Å². The molecule has 1 unspecified atom stereocenters. The van der Waals surface area contributed by atoms with Crippen LogP contribution in [0.5, 0.6) is 0 Å². The van der Waals surface area contributed by atoms with Gasteiger partial charge in [0.15, 0.2) is 0 Å². The van der Waals surface area contributed by atoms with E-state index in [0.29, 0.717) is 18.4 Å². The quantitative estimate of drug-likeness (QED) is 0.688. The smallest absolute Gasteiger partial charge is 0.317 e. The summed E-state index contributed by atoms with van der Waals surface area (Å²) in [5.41, 5.74) is 0.948. The van der Waals surface area contributed by atoms with Gasteiger partial charge in [0.05, 0.1) is 0 Å². The fraction of sp³-hybridized carbons (Fsp3) is 0.625. The van der Waals surface area contributed by atoms with Gasteiger partial charge in [-0.15, -0.1) is 0 Å². The van der Waals surface area contributed by atoms with Crippen molar-refractivity contribution in [1.82, 2.24) is 15.5 Å². The van der Waals surface area contributed by atoms with Crippen molar-refractivity contribution in [1.29, 1.82) is 0 Å². The highest BCUT2D eigenvalue weighted by atomic mass is 19.1. The zero-order chi connectivity index (χ0) is 20.5. The van der Waals surface area contributed by atoms with E-state index in [1.54, 1.807) is 12.1 Å². The van der Waals surface area contributed by atoms with Crippen LogP contribution in [0.25, 0.3) is 6.08 Å². The summed E-state index contributed by atoms with van der Waals surface area (Å²) in [5.74, 6) is 0.917. The fourth-order valence-electron chi connectivity index (χ4n) is 4.54. The molecular weight excluding hydrogens is 365 g/mol. The maximum Gasteiger partial charge on any atom is 0.317 e. The average Bonchev–Trinajstić information content (AvgIpc) is 2.75. The van der Waals surface area contributed by atoms with Crippen LogP contribution in [0.3, 0.4) is 0 Å². The van der Waals surface area contributed by atoms with Gasteiger partial charge in [-0.05, 0) is 75.2 Å². The summed E-state index contributed by atoms with van der Waals surface area (Å²) < 4.78 is 13.1. The van der Waals surface area contributed by atoms with Gasteiger partial charge < -0.3 is 15.5 Å². The predicted molar refractivity (Wildman–Crippen MR) is 117 cm³/mol. The molecule has 5 heteroatoms. The van der Waals surface area contributed by atoms with Gasteiger partial charge in [0.1, 0.15) is 5.82 Å². The molecule has 2 aliphatic rings. The first kappa shape index (κ1) is 21.8. The summed E-state index contributed by atoms with van der Waals surface area (Å²) in [4.78, 5) is 15.0. The Balaban J connectivity index is 1.59. The number of piperidine rings is 1. The van der Waals surface area contributed by atoms with Gasteiger partial charge in [0, 0.05) is 19.1 Å². The topological polar surface area (TPSA) is 44.4 Å². The van der Waals surface area contributed by atoms with Crippen LogP contribution in [0.1, 0.15) is 57.4 Å². The van der Waals surface area contributed by atoms with Crippen LogP contribution in [0.15, 0.2) is 30.3 Å². The summed E-state index contributed by atoms with van der Waals surface area (Å²) in [6.45, 7) is 5.59. The normalized spacial score (nSPS) is 19.9. The van der Waals surface area contributed by atoms with Crippen LogP contribution in [-0.2, 0) is 0 Å². The molecule has 1 atom stereocenters. The molecule has 1 aliphatic heterocycles. The second kappa shape index (κ2) is 11.3. The largest absolute Gasteiger partial charge is 0.335 e. The molecule has 1 saturated heterocycles. The summed E-state index contributed by atoms with van der Waals surface area (Å²) in [6, 6.07) is 6.71. The van der Waals surface area contributed by atoms with Gasteiger partial charge in [-0.25, -0.2) is 9.18 Å². The van der Waals surface area contributed by atoms with Crippen LogP contribution in [0.4, 0.5) is 9.18 Å². The fourth-order valence-corrected chi connectivity index (χ4v) is 4.54. The number of carbonyl (C=O) groups excluding carboxylic acids is 1. The Morgan fingerprint density at radius 2 is 1.86 bits per heavy atom. The van der Waals surface area contributed by atoms with E-state index < -0.39 is 0 Å². The second-order valence-electron chi connectivity index (χ2n) is 8.69. The Bertz CT molecular complexity index is 649. The Hall–Kier alpha value is -1.88. The minimum atomic E-state index is -0.231. The van der Waals surface area contributed by atoms with Gasteiger partial charge in [-0.2, -0.15) is 0 Å². The summed E-state index contributed by atoms with van der Waals surface area (Å²) in [6.07, 6.45) is 12.5. The molecule has 1 aromatic rings. The highest BCUT2D eigenvalue weighted by Crippen LogP contribution is 2.26. The third-order valence-electron chi connectivity index (χ3n) is 6.44. The highest BCUT2D eigenvalue weighted by Gasteiger charge is 2.25. The number of nitrogens with one attached hydrogen (secondary N) is 2. The van der Waals surface area contributed by atoms with Crippen LogP contribution in [0, 0.1) is 17.7 Å². The number of benzene rings is 1. The van der Waals surface area contributed by atoms with Crippen LogP contribution < -0.4 is 10.6 Å². The van der Waals surface area contributed by atoms with E-state index in [4.69, 9.17) is 0 Å². The van der Waals surface area contributed by atoms with Crippen LogP contribution in [0.2, 0.25) is 0 Å². The van der Waals surface area contributed by atoms with E-state index in [-0.39, 0.29) is 17.9 Å². The zero-order valence-corrected chi connectivity index (χ0v) is 17.7. The van der Waals surface area contributed by atoms with Crippen molar-refractivity contribution in [3.05, 3.63) is 41.7 Å². The molecule has 2 N–H and O–H groups in total. The van der Waals surface area contributed by atoms with Crippen molar-refractivity contribution in [3.63, 3.8) is 0 Å². The third-order valence-corrected chi connectivity index (χ3v) is 6.44. The predicted octanol–water partition coefficient (Wildman–Crippen LogP) is 4.82. The van der Waals surface area contributed by atoms with Crippen LogP contribution in [-0.4, -0.2) is 43.2 Å². The number of nitrogens with zero attached hydrogens (tertiary/aromatic N) is 1. The van der Waals surface area contributed by atoms with Gasteiger partial charge in [-0.1, -0.05) is 43.5 Å². The number of hydrogen-bond acceptors (Lipinski definition) is 2. The molecule has 2 amide bonds. The molecule has 160 valence electrons. The number of halogens is 1. The Morgan fingerprint density at radius 1 is 1.17 bits per heavy atom. The van der Waals surface area contributed by atoms with E-state index in [2.05, 4.69) is 17.6 Å². The number of amides is 2. The molecule has 3 rings (SSSR count). The SMILES string of the molecule is CC(NC(=O)N(CC=Cc1ccc(F)cc1)CC1CCNCC1)C1CCCCC1. The number of carbonyl (C=O) groups is 1. The molecule has 0 radical (unpaired) electrons. The minimum absolute atomic E-state index is 0.0466. The number of rotatable bonds is 7. The first-order valence-corrected chi connectivity index (χ1v) is 11.3. The lowest BCUT2D eigenvalue weighted by Gasteiger charge is -2.33. The Morgan fingerprint density at radius 3 is 2.55 bits per heavy atom. The Kier molecular flexibility index (Phi) is 8.53. The lowest BCUT2D eigenvalue weighted by molar-refractivity contribution is 0.176. The first-order valence-electron chi connectivity index (χ1n) is 11.3. The number of urea groups is 1. The lowest BCUT2D eigenvalue weighted by atomic mass is 9.84. The maximum absolute atomic E-state index is 13.1. The van der Waals surface area contributed by atoms with Gasteiger partial charge in [-0.3, -0.25) is 0 Å². The molecule has 0 aromatic heterocycles. The molecular formula is C24H36FN3O. The van der Waals surface area contributed by atoms with Gasteiger partial charge in [0.2, 0.25) is 0 Å². The van der Waals surface area contributed by atoms with Crippen molar-refractivity contribution in [2.75, 3.05) is 26.2 Å². The Labute approximate surface area is 174 Å². The van der Waals surface area contributed by atoms with E-state index in [1.165, 1.54) is 44.2 Å². The minimum Gasteiger partial charge on any atom is -0.335 e.